The van der Waals surface area contributed by atoms with Crippen LogP contribution in [0.4, 0.5) is 37.0 Å². The van der Waals surface area contributed by atoms with Crippen molar-refractivity contribution < 1.29 is 36.0 Å². The Balaban J connectivity index is 3.23. The molecule has 0 atom stereocenters. The number of carbonyl (C=O) groups is 1. The van der Waals surface area contributed by atoms with Crippen molar-refractivity contribution in [3.8, 4) is 0 Å². The van der Waals surface area contributed by atoms with Gasteiger partial charge in [0.05, 0.1) is 0 Å². The normalized spacial score (nSPS) is 13.5. The molecule has 27 heavy (non-hydrogen) atoms. The molecule has 0 aliphatic heterocycles. The summed E-state index contributed by atoms with van der Waals surface area (Å²) >= 11 is 5.46. The first-order valence-electron chi connectivity index (χ1n) is 7.26. The highest BCUT2D eigenvalue weighted by atomic mass is 35.5. The van der Waals surface area contributed by atoms with E-state index in [-0.39, 0.29) is 5.82 Å². The number of nitrogens with one attached hydrogen (secondary N) is 2. The molecule has 1 heterocycles. The van der Waals surface area contributed by atoms with Crippen molar-refractivity contribution in [2.75, 3.05) is 5.32 Å². The van der Waals surface area contributed by atoms with E-state index in [1.165, 1.54) is 32.2 Å². The molecule has 0 saturated carbocycles. The molecule has 2 amide bonds. The summed E-state index contributed by atoms with van der Waals surface area (Å²) in [7, 11) is 0. The lowest BCUT2D eigenvalue weighted by molar-refractivity contribution is -0.388. The summed E-state index contributed by atoms with van der Waals surface area (Å²) in [4.78, 5) is 19.1. The summed E-state index contributed by atoms with van der Waals surface area (Å²) in [5, 5.41) is 4.54. The minimum atomic E-state index is -6.11. The highest BCUT2D eigenvalue weighted by molar-refractivity contribution is 6.65. The Morgan fingerprint density at radius 3 is 2.22 bits per heavy atom. The number of pyridine rings is 1. The van der Waals surface area contributed by atoms with Crippen molar-refractivity contribution >= 4 is 28.6 Å². The first-order chi connectivity index (χ1) is 12.2. The highest BCUT2D eigenvalue weighted by Gasteiger charge is 2.76. The maximum atomic E-state index is 13.3. The number of carbonyl (C=O) groups excluding carboxylic acids is 1. The molecule has 0 radical (unpaired) electrons. The van der Waals surface area contributed by atoms with Crippen LogP contribution in [0.3, 0.4) is 0 Å². The predicted molar refractivity (Wildman–Crippen MR) is 85.2 cm³/mol. The zero-order chi connectivity index (χ0) is 21.0. The Morgan fingerprint density at radius 2 is 1.78 bits per heavy atom. The van der Waals surface area contributed by atoms with Gasteiger partial charge in [0.25, 0.3) is 0 Å². The number of rotatable bonds is 5. The second kappa shape index (κ2) is 8.19. The van der Waals surface area contributed by atoms with Crippen molar-refractivity contribution in [2.24, 2.45) is 11.1 Å². The summed E-state index contributed by atoms with van der Waals surface area (Å²) in [6.45, 7) is 4.30. The van der Waals surface area contributed by atoms with E-state index in [9.17, 15) is 31.1 Å². The fourth-order valence-corrected chi connectivity index (χ4v) is 1.59. The van der Waals surface area contributed by atoms with Crippen LogP contribution in [0.15, 0.2) is 23.5 Å². The standard InChI is InChI=1S/C14H15ClF6N4O2/c1-7(2)10(15)25-27-12(13(16,17)18,14(19,20)21)24-11(26)23-9-6-8(3)4-5-22-9/h4-7H,1-3H3,(H2,22,23,24,26)/b25-10-. The molecule has 0 aliphatic rings. The highest BCUT2D eigenvalue weighted by Crippen LogP contribution is 2.44. The van der Waals surface area contributed by atoms with Gasteiger partial charge in [0.15, 0.2) is 0 Å². The van der Waals surface area contributed by atoms with Crippen LogP contribution in [0.1, 0.15) is 19.4 Å². The third-order valence-electron chi connectivity index (χ3n) is 2.99. The average molecular weight is 421 g/mol. The van der Waals surface area contributed by atoms with Gasteiger partial charge < -0.3 is 4.84 Å². The molecule has 0 aliphatic carbocycles. The van der Waals surface area contributed by atoms with E-state index in [0.29, 0.717) is 5.56 Å². The SMILES string of the molecule is Cc1ccnc(NC(=O)NC(O/N=C(\Cl)C(C)C)(C(F)(F)F)C(F)(F)F)c1. The number of oxime groups is 1. The zero-order valence-corrected chi connectivity index (χ0v) is 14.9. The number of amides is 2. The molecule has 2 N–H and O–H groups in total. The van der Waals surface area contributed by atoms with Crippen LogP contribution in [0.5, 0.6) is 0 Å². The van der Waals surface area contributed by atoms with Crippen molar-refractivity contribution in [2.45, 2.75) is 38.8 Å². The van der Waals surface area contributed by atoms with Gasteiger partial charge in [-0.1, -0.05) is 30.6 Å². The number of urea groups is 1. The molecule has 1 aromatic heterocycles. The summed E-state index contributed by atoms with van der Waals surface area (Å²) in [5.74, 6) is -0.981. The Hall–Kier alpha value is -2.24. The van der Waals surface area contributed by atoms with Crippen LogP contribution >= 0.6 is 11.6 Å². The molecule has 0 aromatic carbocycles. The smallest absolute Gasteiger partial charge is 0.346 e. The second-order valence-corrected chi connectivity index (χ2v) is 6.02. The topological polar surface area (TPSA) is 75.6 Å². The Labute approximate surface area is 154 Å². The number of nitrogens with zero attached hydrogens (tertiary/aromatic N) is 2. The average Bonchev–Trinajstić information content (AvgIpc) is 2.48. The van der Waals surface area contributed by atoms with Crippen molar-refractivity contribution in [3.05, 3.63) is 23.9 Å². The molecule has 0 bridgehead atoms. The van der Waals surface area contributed by atoms with Crippen LogP contribution < -0.4 is 10.6 Å². The molecule has 0 unspecified atom stereocenters. The number of anilines is 1. The van der Waals surface area contributed by atoms with Crippen LogP contribution in [0.2, 0.25) is 0 Å². The number of hydrogen-bond acceptors (Lipinski definition) is 4. The molecule has 6 nitrogen and oxygen atoms in total. The van der Waals surface area contributed by atoms with Crippen LogP contribution in [0, 0.1) is 12.8 Å². The molecule has 1 rings (SSSR count). The fourth-order valence-electron chi connectivity index (χ4n) is 1.56. The van der Waals surface area contributed by atoms with Crippen LogP contribution in [0.25, 0.3) is 0 Å². The van der Waals surface area contributed by atoms with Gasteiger partial charge in [-0.25, -0.2) is 9.78 Å². The third-order valence-corrected chi connectivity index (χ3v) is 3.50. The Morgan fingerprint density at radius 1 is 1.22 bits per heavy atom. The first-order valence-corrected chi connectivity index (χ1v) is 7.64. The van der Waals surface area contributed by atoms with E-state index in [2.05, 4.69) is 15.0 Å². The van der Waals surface area contributed by atoms with Crippen molar-refractivity contribution in [1.29, 1.82) is 0 Å². The Kier molecular flexibility index (Phi) is 6.92. The number of aromatic nitrogens is 1. The van der Waals surface area contributed by atoms with Gasteiger partial charge in [0.2, 0.25) is 0 Å². The minimum Gasteiger partial charge on any atom is -0.346 e. The van der Waals surface area contributed by atoms with E-state index in [1.807, 2.05) is 0 Å². The minimum absolute atomic E-state index is 0.269. The van der Waals surface area contributed by atoms with Crippen molar-refractivity contribution in [1.82, 2.24) is 10.3 Å². The lowest BCUT2D eigenvalue weighted by Crippen LogP contribution is -2.69. The molecule has 0 fully saturated rings. The molecular weight excluding hydrogens is 406 g/mol. The van der Waals surface area contributed by atoms with Gasteiger partial charge in [-0.15, -0.1) is 0 Å². The molecule has 152 valence electrons. The largest absolute Gasteiger partial charge is 0.461 e. The van der Waals surface area contributed by atoms with E-state index in [4.69, 9.17) is 11.6 Å². The fraction of sp³-hybridized carbons (Fsp3) is 0.500. The predicted octanol–water partition coefficient (Wildman–Crippen LogP) is 4.56. The lowest BCUT2D eigenvalue weighted by atomic mass is 10.2. The van der Waals surface area contributed by atoms with Gasteiger partial charge >= 0.3 is 24.1 Å². The van der Waals surface area contributed by atoms with E-state index in [1.54, 1.807) is 12.2 Å². The molecule has 1 aromatic rings. The first kappa shape index (κ1) is 22.8. The quantitative estimate of drug-likeness (QED) is 0.317. The monoisotopic (exact) mass is 420 g/mol. The van der Waals surface area contributed by atoms with E-state index in [0.717, 1.165) is 5.32 Å². The molecule has 0 saturated heterocycles. The Bertz CT molecular complexity index is 692. The van der Waals surface area contributed by atoms with Gasteiger partial charge in [0, 0.05) is 12.1 Å². The van der Waals surface area contributed by atoms with Crippen LogP contribution in [-0.2, 0) is 4.84 Å². The summed E-state index contributed by atoms with van der Waals surface area (Å²) in [5.41, 5.74) is -4.56. The van der Waals surface area contributed by atoms with Gasteiger partial charge in [-0.3, -0.25) is 10.6 Å². The lowest BCUT2D eigenvalue weighted by Gasteiger charge is -2.34. The molecule has 13 heteroatoms. The summed E-state index contributed by atoms with van der Waals surface area (Å²) in [6.07, 6.45) is -11.0. The second-order valence-electron chi connectivity index (χ2n) is 5.63. The van der Waals surface area contributed by atoms with E-state index >= 15 is 0 Å². The third kappa shape index (κ3) is 5.62. The van der Waals surface area contributed by atoms with Crippen LogP contribution in [-0.4, -0.2) is 34.3 Å². The summed E-state index contributed by atoms with van der Waals surface area (Å²) < 4.78 is 79.6. The number of hydrogen-bond donors (Lipinski definition) is 2. The van der Waals surface area contributed by atoms with Gasteiger partial charge in [-0.2, -0.15) is 26.3 Å². The molecular formula is C14H15ClF6N4O2. The van der Waals surface area contributed by atoms with Crippen molar-refractivity contribution in [3.63, 3.8) is 0 Å². The number of alkyl halides is 6. The van der Waals surface area contributed by atoms with Gasteiger partial charge in [0.1, 0.15) is 11.0 Å². The maximum absolute atomic E-state index is 13.3. The zero-order valence-electron chi connectivity index (χ0n) is 14.2. The van der Waals surface area contributed by atoms with Gasteiger partial charge in [-0.05, 0) is 24.6 Å². The van der Waals surface area contributed by atoms with E-state index < -0.39 is 35.2 Å². The number of aryl methyl sites for hydroxylation is 1. The molecule has 0 spiro atoms. The maximum Gasteiger partial charge on any atom is 0.461 e. The number of halogens is 7. The summed E-state index contributed by atoms with van der Waals surface area (Å²) in [6, 6.07) is 0.875.